The monoisotopic (exact) mass is 332 g/mol. The molecule has 0 aliphatic carbocycles. The molecule has 1 heterocycles. The van der Waals surface area contributed by atoms with Gasteiger partial charge in [0.25, 0.3) is 0 Å². The van der Waals surface area contributed by atoms with Crippen molar-refractivity contribution >= 4 is 29.3 Å². The minimum absolute atomic E-state index is 0.0101. The van der Waals surface area contributed by atoms with Crippen LogP contribution in [0.25, 0.3) is 10.9 Å². The Morgan fingerprint density at radius 2 is 1.96 bits per heavy atom. The Hall–Kier alpha value is -2.67. The van der Waals surface area contributed by atoms with Crippen molar-refractivity contribution in [1.82, 2.24) is 9.47 Å². The molecule has 0 saturated heterocycles. The van der Waals surface area contributed by atoms with E-state index in [1.54, 1.807) is 4.57 Å². The van der Waals surface area contributed by atoms with Gasteiger partial charge in [-0.15, -0.1) is 0 Å². The van der Waals surface area contributed by atoms with Gasteiger partial charge in [-0.05, 0) is 32.1 Å². The molecule has 7 nitrogen and oxygen atoms in total. The van der Waals surface area contributed by atoms with Crippen LogP contribution in [0.2, 0.25) is 0 Å². The highest BCUT2D eigenvalue weighted by atomic mass is 17.2. The molecule has 0 radical (unpaired) electrons. The first-order valence-electron chi connectivity index (χ1n) is 7.59. The van der Waals surface area contributed by atoms with Crippen molar-refractivity contribution in [3.05, 3.63) is 36.0 Å². The van der Waals surface area contributed by atoms with Crippen LogP contribution >= 0.6 is 0 Å². The smallest absolute Gasteiger partial charge is 0.309 e. The molecule has 0 unspecified atom stereocenters. The van der Waals surface area contributed by atoms with E-state index >= 15 is 0 Å². The fraction of sp³-hybridized carbons (Fsp3) is 0.353. The number of hydrogen-bond acceptors (Lipinski definition) is 6. The van der Waals surface area contributed by atoms with Crippen molar-refractivity contribution in [1.29, 1.82) is 0 Å². The highest BCUT2D eigenvalue weighted by Crippen LogP contribution is 2.22. The highest BCUT2D eigenvalue weighted by molar-refractivity contribution is 5.95. The number of para-hydroxylation sites is 1. The van der Waals surface area contributed by atoms with E-state index in [4.69, 9.17) is 0 Å². The van der Waals surface area contributed by atoms with Gasteiger partial charge in [-0.25, -0.2) is 9.68 Å². The van der Waals surface area contributed by atoms with Crippen LogP contribution in [0, 0.1) is 0 Å². The average molecular weight is 332 g/mol. The highest BCUT2D eigenvalue weighted by Gasteiger charge is 2.15. The third-order valence-electron chi connectivity index (χ3n) is 3.61. The second kappa shape index (κ2) is 8.26. The van der Waals surface area contributed by atoms with Crippen molar-refractivity contribution in [3.63, 3.8) is 0 Å². The summed E-state index contributed by atoms with van der Waals surface area (Å²) in [5.74, 6) is -0.981. The first-order chi connectivity index (χ1) is 11.5. The van der Waals surface area contributed by atoms with Gasteiger partial charge in [-0.3, -0.25) is 19.0 Å². The molecule has 1 aromatic carbocycles. The summed E-state index contributed by atoms with van der Waals surface area (Å²) in [7, 11) is 3.99. The first kappa shape index (κ1) is 17.7. The zero-order valence-electron chi connectivity index (χ0n) is 13.7. The summed E-state index contributed by atoms with van der Waals surface area (Å²) in [5.41, 5.74) is 1.90. The van der Waals surface area contributed by atoms with Crippen LogP contribution in [0.5, 0.6) is 0 Å². The molecule has 0 bridgehead atoms. The Bertz CT molecular complexity index is 736. The SMILES string of the molecule is CN(C)CCc1cn(C(=O)CCC(=O)OOC=O)c2ccccc12. The molecule has 0 aliphatic heterocycles. The maximum absolute atomic E-state index is 12.4. The van der Waals surface area contributed by atoms with Crippen LogP contribution in [0.1, 0.15) is 23.2 Å². The number of fused-ring (bicyclic) bond motifs is 1. The topological polar surface area (TPSA) is 77.8 Å². The van der Waals surface area contributed by atoms with E-state index in [0.717, 1.165) is 29.4 Å². The quantitative estimate of drug-likeness (QED) is 0.417. The lowest BCUT2D eigenvalue weighted by molar-refractivity contribution is -0.248. The van der Waals surface area contributed by atoms with Crippen LogP contribution in [-0.2, 0) is 25.8 Å². The molecule has 0 aliphatic rings. The number of carbonyl (C=O) groups is 3. The minimum atomic E-state index is -0.764. The van der Waals surface area contributed by atoms with Crippen LogP contribution in [0.4, 0.5) is 0 Å². The van der Waals surface area contributed by atoms with Crippen molar-refractivity contribution in [2.24, 2.45) is 0 Å². The van der Waals surface area contributed by atoms with E-state index in [9.17, 15) is 14.4 Å². The molecule has 0 atom stereocenters. The summed E-state index contributed by atoms with van der Waals surface area (Å²) in [5, 5.41) is 1.03. The minimum Gasteiger partial charge on any atom is -0.309 e. The van der Waals surface area contributed by atoms with Gasteiger partial charge in [0.05, 0.1) is 11.9 Å². The predicted molar refractivity (Wildman–Crippen MR) is 87.3 cm³/mol. The van der Waals surface area contributed by atoms with E-state index in [-0.39, 0.29) is 25.2 Å². The number of nitrogens with zero attached hydrogens (tertiary/aromatic N) is 2. The Kier molecular flexibility index (Phi) is 6.08. The van der Waals surface area contributed by atoms with Crippen molar-refractivity contribution in [2.45, 2.75) is 19.3 Å². The van der Waals surface area contributed by atoms with Gasteiger partial charge < -0.3 is 4.90 Å². The third kappa shape index (κ3) is 4.42. The molecule has 0 spiro atoms. The zero-order chi connectivity index (χ0) is 17.5. The summed E-state index contributed by atoms with van der Waals surface area (Å²) in [6.45, 7) is 0.883. The zero-order valence-corrected chi connectivity index (χ0v) is 13.7. The number of carbonyl (C=O) groups excluding carboxylic acids is 3. The normalized spacial score (nSPS) is 10.8. The Balaban J connectivity index is 2.14. The van der Waals surface area contributed by atoms with Crippen LogP contribution in [0.15, 0.2) is 30.5 Å². The van der Waals surface area contributed by atoms with Gasteiger partial charge in [-0.1, -0.05) is 18.2 Å². The molecular weight excluding hydrogens is 312 g/mol. The maximum atomic E-state index is 12.4. The predicted octanol–water partition coefficient (Wildman–Crippen LogP) is 1.80. The van der Waals surface area contributed by atoms with Gasteiger partial charge in [-0.2, -0.15) is 0 Å². The number of likely N-dealkylation sites (N-methyl/N-ethyl adjacent to an activating group) is 1. The lowest BCUT2D eigenvalue weighted by Gasteiger charge is -2.07. The molecule has 24 heavy (non-hydrogen) atoms. The molecule has 2 rings (SSSR count). The molecular formula is C17H20N2O5. The molecule has 0 fully saturated rings. The largest absolute Gasteiger partial charge is 0.356 e. The lowest BCUT2D eigenvalue weighted by atomic mass is 10.1. The maximum Gasteiger partial charge on any atom is 0.356 e. The summed E-state index contributed by atoms with van der Waals surface area (Å²) >= 11 is 0. The second-order valence-corrected chi connectivity index (χ2v) is 5.64. The van der Waals surface area contributed by atoms with Gasteiger partial charge >= 0.3 is 12.4 Å². The van der Waals surface area contributed by atoms with Gasteiger partial charge in [0.2, 0.25) is 5.91 Å². The molecule has 0 N–H and O–H groups in total. The Labute approximate surface area is 139 Å². The summed E-state index contributed by atoms with van der Waals surface area (Å²) < 4.78 is 1.56. The van der Waals surface area contributed by atoms with E-state index in [2.05, 4.69) is 14.7 Å². The summed E-state index contributed by atoms with van der Waals surface area (Å²) in [4.78, 5) is 43.8. The van der Waals surface area contributed by atoms with Crippen LogP contribution < -0.4 is 0 Å². The number of benzene rings is 1. The Morgan fingerprint density at radius 1 is 1.21 bits per heavy atom. The Morgan fingerprint density at radius 3 is 2.67 bits per heavy atom. The molecule has 2 aromatic rings. The standard InChI is InChI=1S/C17H20N2O5/c1-18(2)10-9-13-11-19(15-6-4-3-5-14(13)15)16(21)7-8-17(22)24-23-12-20/h3-6,11-12H,7-10H2,1-2H3. The average Bonchev–Trinajstić information content (AvgIpc) is 2.95. The van der Waals surface area contributed by atoms with Crippen LogP contribution in [0.3, 0.4) is 0 Å². The molecule has 0 saturated carbocycles. The molecule has 7 heteroatoms. The van der Waals surface area contributed by atoms with E-state index in [0.29, 0.717) is 0 Å². The van der Waals surface area contributed by atoms with Crippen molar-refractivity contribution < 1.29 is 24.2 Å². The lowest BCUT2D eigenvalue weighted by Crippen LogP contribution is -2.15. The molecule has 1 aromatic heterocycles. The number of rotatable bonds is 8. The first-order valence-corrected chi connectivity index (χ1v) is 7.59. The third-order valence-corrected chi connectivity index (χ3v) is 3.61. The number of aromatic nitrogens is 1. The number of hydrogen-bond donors (Lipinski definition) is 0. The van der Waals surface area contributed by atoms with Crippen LogP contribution in [-0.4, -0.2) is 48.5 Å². The molecule has 0 amide bonds. The van der Waals surface area contributed by atoms with Crippen molar-refractivity contribution in [2.75, 3.05) is 20.6 Å². The van der Waals surface area contributed by atoms with Crippen molar-refractivity contribution in [3.8, 4) is 0 Å². The van der Waals surface area contributed by atoms with Gasteiger partial charge in [0, 0.05) is 24.5 Å². The summed E-state index contributed by atoms with van der Waals surface area (Å²) in [6, 6.07) is 7.66. The van der Waals surface area contributed by atoms with Gasteiger partial charge in [0.15, 0.2) is 0 Å². The fourth-order valence-corrected chi connectivity index (χ4v) is 2.44. The fourth-order valence-electron chi connectivity index (χ4n) is 2.44. The second-order valence-electron chi connectivity index (χ2n) is 5.64. The van der Waals surface area contributed by atoms with E-state index in [1.807, 2.05) is 44.6 Å². The summed E-state index contributed by atoms with van der Waals surface area (Å²) in [6.07, 6.45) is 2.45. The van der Waals surface area contributed by atoms with E-state index in [1.165, 1.54) is 0 Å². The molecule has 128 valence electrons. The van der Waals surface area contributed by atoms with Gasteiger partial charge in [0.1, 0.15) is 0 Å². The van der Waals surface area contributed by atoms with E-state index < -0.39 is 5.97 Å².